The van der Waals surface area contributed by atoms with E-state index in [9.17, 15) is 5.11 Å². The van der Waals surface area contributed by atoms with Crippen LogP contribution in [-0.4, -0.2) is 16.5 Å². The van der Waals surface area contributed by atoms with Gasteiger partial charge in [0, 0.05) is 11.3 Å². The molecule has 0 bridgehead atoms. The summed E-state index contributed by atoms with van der Waals surface area (Å²) in [6.07, 6.45) is 1.50. The first kappa shape index (κ1) is 15.1. The first-order valence-electron chi connectivity index (χ1n) is 6.48. The van der Waals surface area contributed by atoms with Crippen LogP contribution in [0.2, 0.25) is 0 Å². The van der Waals surface area contributed by atoms with Crippen molar-refractivity contribution < 1.29 is 5.11 Å². The summed E-state index contributed by atoms with van der Waals surface area (Å²) in [7, 11) is 0. The Morgan fingerprint density at radius 1 is 1.19 bits per heavy atom. The number of amidine groups is 1. The molecular weight excluding hydrogens is 282 g/mol. The second-order valence-corrected chi connectivity index (χ2v) is 5.47. The number of hydrogen-bond acceptors (Lipinski definition) is 4. The average molecular weight is 299 g/mol. The van der Waals surface area contributed by atoms with Crippen LogP contribution in [0.15, 0.2) is 58.7 Å². The van der Waals surface area contributed by atoms with E-state index in [4.69, 9.17) is 5.73 Å². The van der Waals surface area contributed by atoms with Gasteiger partial charge in [0.25, 0.3) is 0 Å². The van der Waals surface area contributed by atoms with Gasteiger partial charge in [-0.1, -0.05) is 54.2 Å². The Bertz CT molecular complexity index is 654. The van der Waals surface area contributed by atoms with E-state index in [1.54, 1.807) is 6.07 Å². The Hall–Kier alpha value is -2.27. The molecule has 0 heterocycles. The zero-order valence-electron chi connectivity index (χ0n) is 11.7. The third-order valence-corrected chi connectivity index (χ3v) is 3.71. The lowest BCUT2D eigenvalue weighted by atomic mass is 10.1. The fraction of sp³-hybridized carbons (Fsp3) is 0.125. The first-order chi connectivity index (χ1) is 10.2. The maximum absolute atomic E-state index is 9.84. The Morgan fingerprint density at radius 3 is 2.71 bits per heavy atom. The number of hydrogen-bond donors (Lipinski definition) is 2. The van der Waals surface area contributed by atoms with Gasteiger partial charge >= 0.3 is 0 Å². The normalized spacial score (nSPS) is 12.0. The number of nitrogens with two attached hydrogens (primary N) is 1. The molecule has 4 nitrogen and oxygen atoms in total. The Kier molecular flexibility index (Phi) is 5.40. The van der Waals surface area contributed by atoms with E-state index in [0.717, 1.165) is 11.3 Å². The quantitative estimate of drug-likeness (QED) is 0.517. The molecule has 0 fully saturated rings. The van der Waals surface area contributed by atoms with E-state index in [2.05, 4.69) is 10.2 Å². The number of phenols is 1. The van der Waals surface area contributed by atoms with Crippen LogP contribution in [0, 0.1) is 6.92 Å². The molecule has 0 radical (unpaired) electrons. The molecule has 21 heavy (non-hydrogen) atoms. The van der Waals surface area contributed by atoms with Crippen molar-refractivity contribution in [1.29, 1.82) is 0 Å². The van der Waals surface area contributed by atoms with Crippen molar-refractivity contribution >= 4 is 23.1 Å². The molecular formula is C16H17N3OS. The van der Waals surface area contributed by atoms with Gasteiger partial charge < -0.3 is 10.8 Å². The molecule has 0 saturated heterocycles. The highest BCUT2D eigenvalue weighted by Gasteiger charge is 2.00. The molecule has 0 aliphatic rings. The fourth-order valence-electron chi connectivity index (χ4n) is 1.69. The average Bonchev–Trinajstić information content (AvgIpc) is 2.50. The van der Waals surface area contributed by atoms with E-state index in [0.29, 0.717) is 10.7 Å². The van der Waals surface area contributed by atoms with Crippen LogP contribution in [0.4, 0.5) is 0 Å². The van der Waals surface area contributed by atoms with Gasteiger partial charge in [0.2, 0.25) is 0 Å². The lowest BCUT2D eigenvalue weighted by molar-refractivity contribution is 0.470. The van der Waals surface area contributed by atoms with Crippen LogP contribution in [0.3, 0.4) is 0 Å². The monoisotopic (exact) mass is 299 g/mol. The maximum Gasteiger partial charge on any atom is 0.180 e. The SMILES string of the molecule is Cc1cccc(C=NN=C(N)SCc2ccccc2)c1O. The Labute approximate surface area is 128 Å². The van der Waals surface area contributed by atoms with Crippen molar-refractivity contribution in [1.82, 2.24) is 0 Å². The van der Waals surface area contributed by atoms with Crippen molar-refractivity contribution in [2.45, 2.75) is 12.7 Å². The molecule has 0 unspecified atom stereocenters. The summed E-state index contributed by atoms with van der Waals surface area (Å²) in [4.78, 5) is 0. The van der Waals surface area contributed by atoms with Crippen LogP contribution in [0.5, 0.6) is 5.75 Å². The van der Waals surface area contributed by atoms with Crippen molar-refractivity contribution in [2.24, 2.45) is 15.9 Å². The van der Waals surface area contributed by atoms with Gasteiger partial charge in [-0.25, -0.2) is 0 Å². The smallest absolute Gasteiger partial charge is 0.180 e. The molecule has 0 atom stereocenters. The summed E-state index contributed by atoms with van der Waals surface area (Å²) in [5.41, 5.74) is 8.40. The molecule has 0 aliphatic carbocycles. The van der Waals surface area contributed by atoms with Gasteiger partial charge in [-0.2, -0.15) is 5.10 Å². The topological polar surface area (TPSA) is 71.0 Å². The molecule has 2 aromatic carbocycles. The van der Waals surface area contributed by atoms with E-state index in [-0.39, 0.29) is 5.75 Å². The zero-order valence-corrected chi connectivity index (χ0v) is 12.5. The summed E-state index contributed by atoms with van der Waals surface area (Å²) in [5, 5.41) is 18.1. The number of thioether (sulfide) groups is 1. The van der Waals surface area contributed by atoms with Crippen LogP contribution in [0.1, 0.15) is 16.7 Å². The maximum atomic E-state index is 9.84. The van der Waals surface area contributed by atoms with Crippen LogP contribution in [-0.2, 0) is 5.75 Å². The summed E-state index contributed by atoms with van der Waals surface area (Å²) in [6, 6.07) is 15.5. The highest BCUT2D eigenvalue weighted by molar-refractivity contribution is 8.13. The highest BCUT2D eigenvalue weighted by atomic mass is 32.2. The lowest BCUT2D eigenvalue weighted by Crippen LogP contribution is -2.06. The minimum Gasteiger partial charge on any atom is -0.507 e. The number of aryl methyl sites for hydroxylation is 1. The Morgan fingerprint density at radius 2 is 1.95 bits per heavy atom. The molecule has 0 spiro atoms. The van der Waals surface area contributed by atoms with Gasteiger partial charge in [0.05, 0.1) is 6.21 Å². The zero-order chi connectivity index (χ0) is 15.1. The number of rotatable bonds is 4. The minimum atomic E-state index is 0.215. The molecule has 0 aliphatic heterocycles. The van der Waals surface area contributed by atoms with E-state index >= 15 is 0 Å². The molecule has 2 rings (SSSR count). The number of nitrogens with zero attached hydrogens (tertiary/aromatic N) is 2. The van der Waals surface area contributed by atoms with Gasteiger partial charge in [-0.15, -0.1) is 5.10 Å². The van der Waals surface area contributed by atoms with Crippen molar-refractivity contribution in [3.63, 3.8) is 0 Å². The molecule has 2 aromatic rings. The minimum absolute atomic E-state index is 0.215. The summed E-state index contributed by atoms with van der Waals surface area (Å²) in [5.74, 6) is 0.966. The highest BCUT2D eigenvalue weighted by Crippen LogP contribution is 2.19. The van der Waals surface area contributed by atoms with Crippen LogP contribution < -0.4 is 5.73 Å². The second-order valence-electron chi connectivity index (χ2n) is 4.47. The van der Waals surface area contributed by atoms with Gasteiger partial charge in [-0.3, -0.25) is 0 Å². The second kappa shape index (κ2) is 7.50. The van der Waals surface area contributed by atoms with Crippen molar-refractivity contribution in [2.75, 3.05) is 0 Å². The van der Waals surface area contributed by atoms with Crippen molar-refractivity contribution in [3.8, 4) is 5.75 Å². The van der Waals surface area contributed by atoms with Crippen molar-refractivity contribution in [3.05, 3.63) is 65.2 Å². The molecule has 5 heteroatoms. The number of phenolic OH excluding ortho intramolecular Hbond substituents is 1. The van der Waals surface area contributed by atoms with Gasteiger partial charge in [-0.05, 0) is 24.1 Å². The van der Waals surface area contributed by atoms with E-state index in [1.165, 1.54) is 23.5 Å². The number of para-hydroxylation sites is 1. The van der Waals surface area contributed by atoms with E-state index in [1.807, 2.05) is 49.4 Å². The third-order valence-electron chi connectivity index (χ3n) is 2.85. The predicted molar refractivity (Wildman–Crippen MR) is 89.8 cm³/mol. The lowest BCUT2D eigenvalue weighted by Gasteiger charge is -2.01. The molecule has 0 amide bonds. The third kappa shape index (κ3) is 4.65. The molecule has 3 N–H and O–H groups in total. The molecule has 0 saturated carbocycles. The van der Waals surface area contributed by atoms with Gasteiger partial charge in [0.15, 0.2) is 5.17 Å². The number of aromatic hydroxyl groups is 1. The Balaban J connectivity index is 1.94. The van der Waals surface area contributed by atoms with E-state index < -0.39 is 0 Å². The summed E-state index contributed by atoms with van der Waals surface area (Å²) in [6.45, 7) is 1.83. The first-order valence-corrected chi connectivity index (χ1v) is 7.47. The number of benzene rings is 2. The molecule has 108 valence electrons. The molecule has 0 aromatic heterocycles. The summed E-state index contributed by atoms with van der Waals surface area (Å²) < 4.78 is 0. The predicted octanol–water partition coefficient (Wildman–Crippen LogP) is 3.28. The van der Waals surface area contributed by atoms with Crippen LogP contribution >= 0.6 is 11.8 Å². The fourth-order valence-corrected chi connectivity index (χ4v) is 2.31. The standard InChI is InChI=1S/C16H17N3OS/c1-12-6-5-9-14(15(12)20)10-18-19-16(17)21-11-13-7-3-2-4-8-13/h2-10,20H,11H2,1H3,(H2,17,19). The van der Waals surface area contributed by atoms with Gasteiger partial charge in [0.1, 0.15) is 5.75 Å². The van der Waals surface area contributed by atoms with Crippen LogP contribution in [0.25, 0.3) is 0 Å². The largest absolute Gasteiger partial charge is 0.507 e. The summed E-state index contributed by atoms with van der Waals surface area (Å²) >= 11 is 1.42.